The number of rotatable bonds is 8. The van der Waals surface area contributed by atoms with Crippen molar-refractivity contribution in [1.82, 2.24) is 9.55 Å². The fourth-order valence-corrected chi connectivity index (χ4v) is 3.46. The van der Waals surface area contributed by atoms with Gasteiger partial charge in [0.1, 0.15) is 11.5 Å². The fraction of sp³-hybridized carbons (Fsp3) is 0.200. The summed E-state index contributed by atoms with van der Waals surface area (Å²) in [6.07, 6.45) is 3.61. The number of imidazole rings is 1. The van der Waals surface area contributed by atoms with E-state index in [0.29, 0.717) is 28.8 Å². The molecular formula is C20H20ClN3O3S. The van der Waals surface area contributed by atoms with Gasteiger partial charge >= 0.3 is 0 Å². The number of anilines is 1. The summed E-state index contributed by atoms with van der Waals surface area (Å²) in [5.41, 5.74) is 1.67. The zero-order chi connectivity index (χ0) is 19.9. The minimum Gasteiger partial charge on any atom is -0.497 e. The smallest absolute Gasteiger partial charge is 0.234 e. The van der Waals surface area contributed by atoms with Crippen LogP contribution in [0.25, 0.3) is 0 Å². The largest absolute Gasteiger partial charge is 0.497 e. The molecule has 2 aromatic carbocycles. The van der Waals surface area contributed by atoms with E-state index >= 15 is 0 Å². The van der Waals surface area contributed by atoms with Gasteiger partial charge in [0.15, 0.2) is 5.16 Å². The first-order valence-electron chi connectivity index (χ1n) is 8.49. The van der Waals surface area contributed by atoms with Crippen molar-refractivity contribution in [2.24, 2.45) is 0 Å². The maximum atomic E-state index is 12.4. The summed E-state index contributed by atoms with van der Waals surface area (Å²) in [5.74, 6) is 1.28. The Morgan fingerprint density at radius 1 is 1.18 bits per heavy atom. The zero-order valence-corrected chi connectivity index (χ0v) is 17.1. The zero-order valence-electron chi connectivity index (χ0n) is 15.5. The molecule has 0 bridgehead atoms. The molecule has 0 unspecified atom stereocenters. The summed E-state index contributed by atoms with van der Waals surface area (Å²) in [4.78, 5) is 16.7. The first-order valence-corrected chi connectivity index (χ1v) is 9.85. The minimum absolute atomic E-state index is 0.155. The minimum atomic E-state index is -0.155. The van der Waals surface area contributed by atoms with Crippen molar-refractivity contribution >= 4 is 35.0 Å². The summed E-state index contributed by atoms with van der Waals surface area (Å²) in [6, 6.07) is 12.9. The summed E-state index contributed by atoms with van der Waals surface area (Å²) in [7, 11) is 3.13. The molecule has 0 aliphatic heterocycles. The first kappa shape index (κ1) is 20.1. The van der Waals surface area contributed by atoms with E-state index in [1.807, 2.05) is 35.0 Å². The average Bonchev–Trinajstić information content (AvgIpc) is 3.15. The van der Waals surface area contributed by atoms with Crippen LogP contribution in [0, 0.1) is 0 Å². The van der Waals surface area contributed by atoms with Crippen molar-refractivity contribution in [1.29, 1.82) is 0 Å². The third-order valence-corrected chi connectivity index (χ3v) is 5.21. The fourth-order valence-electron chi connectivity index (χ4n) is 2.57. The van der Waals surface area contributed by atoms with Crippen LogP contribution in [0.2, 0.25) is 5.02 Å². The predicted octanol–water partition coefficient (Wildman–Crippen LogP) is 4.33. The van der Waals surface area contributed by atoms with Crippen molar-refractivity contribution in [3.05, 3.63) is 65.4 Å². The lowest BCUT2D eigenvalue weighted by molar-refractivity contribution is -0.113. The molecule has 3 aromatic rings. The molecule has 0 aliphatic carbocycles. The third-order valence-electron chi connectivity index (χ3n) is 3.96. The molecular weight excluding hydrogens is 398 g/mol. The van der Waals surface area contributed by atoms with Crippen LogP contribution in [0.15, 0.2) is 60.0 Å². The molecule has 0 saturated carbocycles. The molecule has 1 N–H and O–H groups in total. The Hall–Kier alpha value is -2.64. The van der Waals surface area contributed by atoms with Crippen LogP contribution in [0.5, 0.6) is 11.5 Å². The number of benzene rings is 2. The van der Waals surface area contributed by atoms with E-state index in [0.717, 1.165) is 10.7 Å². The van der Waals surface area contributed by atoms with Gasteiger partial charge in [-0.3, -0.25) is 4.79 Å². The molecule has 1 heterocycles. The van der Waals surface area contributed by atoms with Gasteiger partial charge in [-0.2, -0.15) is 0 Å². The Morgan fingerprint density at radius 3 is 2.68 bits per heavy atom. The Labute approximate surface area is 172 Å². The number of halogens is 1. The van der Waals surface area contributed by atoms with Crippen molar-refractivity contribution in [3.8, 4) is 11.5 Å². The number of carbonyl (C=O) groups excluding carboxylic acids is 1. The van der Waals surface area contributed by atoms with Crippen LogP contribution in [0.1, 0.15) is 5.56 Å². The van der Waals surface area contributed by atoms with E-state index in [-0.39, 0.29) is 11.7 Å². The standard InChI is InChI=1S/C20H20ClN3O3S/c1-26-16-7-8-18(27-2)17(11-16)23-19(25)13-28-20-22-9-10-24(20)12-14-3-5-15(21)6-4-14/h3-11H,12-13H2,1-2H3,(H,23,25). The lowest BCUT2D eigenvalue weighted by Gasteiger charge is -2.12. The summed E-state index contributed by atoms with van der Waals surface area (Å²) < 4.78 is 12.5. The number of hydrogen-bond donors (Lipinski definition) is 1. The maximum Gasteiger partial charge on any atom is 0.234 e. The van der Waals surface area contributed by atoms with Gasteiger partial charge in [-0.15, -0.1) is 0 Å². The van der Waals surface area contributed by atoms with E-state index in [1.165, 1.54) is 11.8 Å². The second-order valence-corrected chi connectivity index (χ2v) is 7.25. The van der Waals surface area contributed by atoms with Crippen LogP contribution >= 0.6 is 23.4 Å². The molecule has 6 nitrogen and oxygen atoms in total. The second-order valence-electron chi connectivity index (χ2n) is 5.87. The summed E-state index contributed by atoms with van der Waals surface area (Å²) >= 11 is 7.30. The maximum absolute atomic E-state index is 12.4. The quantitative estimate of drug-likeness (QED) is 0.552. The summed E-state index contributed by atoms with van der Waals surface area (Å²) in [6.45, 7) is 0.658. The molecule has 0 atom stereocenters. The number of methoxy groups -OCH3 is 2. The molecule has 1 amide bonds. The van der Waals surface area contributed by atoms with Crippen molar-refractivity contribution < 1.29 is 14.3 Å². The van der Waals surface area contributed by atoms with Crippen LogP contribution < -0.4 is 14.8 Å². The van der Waals surface area contributed by atoms with Crippen LogP contribution in [0.3, 0.4) is 0 Å². The van der Waals surface area contributed by atoms with Gasteiger partial charge in [-0.05, 0) is 29.8 Å². The molecule has 0 spiro atoms. The number of carbonyl (C=O) groups is 1. The van der Waals surface area contributed by atoms with Crippen molar-refractivity contribution in [3.63, 3.8) is 0 Å². The highest BCUT2D eigenvalue weighted by Crippen LogP contribution is 2.29. The van der Waals surface area contributed by atoms with E-state index in [2.05, 4.69) is 10.3 Å². The summed E-state index contributed by atoms with van der Waals surface area (Å²) in [5, 5.41) is 4.33. The number of hydrogen-bond acceptors (Lipinski definition) is 5. The van der Waals surface area contributed by atoms with E-state index in [4.69, 9.17) is 21.1 Å². The monoisotopic (exact) mass is 417 g/mol. The highest BCUT2D eigenvalue weighted by Gasteiger charge is 2.12. The Balaban J connectivity index is 1.61. The van der Waals surface area contributed by atoms with Gasteiger partial charge in [0, 0.05) is 30.0 Å². The predicted molar refractivity (Wildman–Crippen MR) is 112 cm³/mol. The Bertz CT molecular complexity index is 944. The van der Waals surface area contributed by atoms with Crippen molar-refractivity contribution in [2.75, 3.05) is 25.3 Å². The number of aromatic nitrogens is 2. The van der Waals surface area contributed by atoms with E-state index in [9.17, 15) is 4.79 Å². The van der Waals surface area contributed by atoms with Crippen LogP contribution in [-0.2, 0) is 11.3 Å². The molecule has 3 rings (SSSR count). The van der Waals surface area contributed by atoms with Gasteiger partial charge in [-0.25, -0.2) is 4.98 Å². The number of thioether (sulfide) groups is 1. The molecule has 146 valence electrons. The van der Waals surface area contributed by atoms with Gasteiger partial charge in [0.2, 0.25) is 5.91 Å². The van der Waals surface area contributed by atoms with E-state index < -0.39 is 0 Å². The molecule has 28 heavy (non-hydrogen) atoms. The van der Waals surface area contributed by atoms with Gasteiger partial charge in [0.25, 0.3) is 0 Å². The highest BCUT2D eigenvalue weighted by atomic mass is 35.5. The topological polar surface area (TPSA) is 65.4 Å². The lowest BCUT2D eigenvalue weighted by atomic mass is 10.2. The average molecular weight is 418 g/mol. The number of amides is 1. The number of ether oxygens (including phenoxy) is 2. The second kappa shape index (κ2) is 9.52. The van der Waals surface area contributed by atoms with Gasteiger partial charge < -0.3 is 19.4 Å². The molecule has 0 fully saturated rings. The SMILES string of the molecule is COc1ccc(OC)c(NC(=O)CSc2nccn2Cc2ccc(Cl)cc2)c1. The molecule has 0 saturated heterocycles. The third kappa shape index (κ3) is 5.21. The van der Waals surface area contributed by atoms with E-state index in [1.54, 1.807) is 38.6 Å². The Kier molecular flexibility index (Phi) is 6.84. The lowest BCUT2D eigenvalue weighted by Crippen LogP contribution is -2.15. The highest BCUT2D eigenvalue weighted by molar-refractivity contribution is 7.99. The molecule has 0 radical (unpaired) electrons. The van der Waals surface area contributed by atoms with Gasteiger partial charge in [0.05, 0.1) is 25.7 Å². The van der Waals surface area contributed by atoms with Crippen LogP contribution in [-0.4, -0.2) is 35.4 Å². The normalized spacial score (nSPS) is 10.5. The number of nitrogens with zero attached hydrogens (tertiary/aromatic N) is 2. The molecule has 8 heteroatoms. The first-order chi connectivity index (χ1) is 13.6. The Morgan fingerprint density at radius 2 is 1.96 bits per heavy atom. The molecule has 1 aromatic heterocycles. The van der Waals surface area contributed by atoms with Gasteiger partial charge in [-0.1, -0.05) is 35.5 Å². The van der Waals surface area contributed by atoms with Crippen molar-refractivity contribution in [2.45, 2.75) is 11.7 Å². The number of nitrogens with one attached hydrogen (secondary N) is 1. The molecule has 0 aliphatic rings. The van der Waals surface area contributed by atoms with Crippen LogP contribution in [0.4, 0.5) is 5.69 Å².